The van der Waals surface area contributed by atoms with Crippen LogP contribution in [0, 0.1) is 13.8 Å². The molecule has 3 aromatic heterocycles. The zero-order valence-corrected chi connectivity index (χ0v) is 19.8. The quantitative estimate of drug-likeness (QED) is 0.353. The van der Waals surface area contributed by atoms with Crippen molar-refractivity contribution in [2.45, 2.75) is 26.9 Å². The monoisotopic (exact) mass is 469 g/mol. The van der Waals surface area contributed by atoms with Gasteiger partial charge in [-0.1, -0.05) is 24.3 Å². The van der Waals surface area contributed by atoms with Crippen LogP contribution in [0.1, 0.15) is 18.1 Å². The van der Waals surface area contributed by atoms with E-state index < -0.39 is 6.10 Å². The van der Waals surface area contributed by atoms with E-state index in [1.54, 1.807) is 22.8 Å². The minimum Gasteiger partial charge on any atom is -0.481 e. The number of nitrogens with zero attached hydrogens (tertiary/aromatic N) is 4. The van der Waals surface area contributed by atoms with Gasteiger partial charge in [0.1, 0.15) is 5.75 Å². The molecule has 170 valence electrons. The van der Waals surface area contributed by atoms with Gasteiger partial charge in [-0.2, -0.15) is 9.61 Å². The molecule has 5 aromatic rings. The van der Waals surface area contributed by atoms with Crippen LogP contribution in [-0.4, -0.2) is 31.8 Å². The number of hydrogen-bond acceptors (Lipinski definition) is 6. The molecule has 1 N–H and O–H groups in total. The van der Waals surface area contributed by atoms with Gasteiger partial charge in [-0.05, 0) is 79.7 Å². The highest BCUT2D eigenvalue weighted by Crippen LogP contribution is 2.26. The van der Waals surface area contributed by atoms with E-state index in [4.69, 9.17) is 9.84 Å². The molecular formula is C26H23N5O2S. The lowest BCUT2D eigenvalue weighted by atomic mass is 10.1. The lowest BCUT2D eigenvalue weighted by Crippen LogP contribution is -2.30. The van der Waals surface area contributed by atoms with E-state index in [9.17, 15) is 4.79 Å². The van der Waals surface area contributed by atoms with Crippen molar-refractivity contribution in [1.29, 1.82) is 0 Å². The molecule has 34 heavy (non-hydrogen) atoms. The number of anilines is 1. The molecule has 8 heteroatoms. The van der Waals surface area contributed by atoms with Crippen LogP contribution in [0.2, 0.25) is 0 Å². The summed E-state index contributed by atoms with van der Waals surface area (Å²) in [5, 5.41) is 18.2. The predicted molar refractivity (Wildman–Crippen MR) is 134 cm³/mol. The third-order valence-electron chi connectivity index (χ3n) is 5.59. The van der Waals surface area contributed by atoms with Crippen molar-refractivity contribution >= 4 is 28.6 Å². The molecule has 0 bridgehead atoms. The number of hydrogen-bond donors (Lipinski definition) is 1. The molecule has 0 fully saturated rings. The standard InChI is InChI=1S/C26H23N5O2S/c1-16-9-10-21(14-17(16)2)33-18(3)26(32)27-20-7-4-6-19(15-20)22-11-12-24-28-29-25(31(24)30-22)23-8-5-13-34-23/h4-15,18H,1-3H3,(H,27,32). The molecule has 0 saturated heterocycles. The Morgan fingerprint density at radius 3 is 2.68 bits per heavy atom. The Hall–Kier alpha value is -4.04. The number of ether oxygens (including phenoxy) is 1. The highest BCUT2D eigenvalue weighted by molar-refractivity contribution is 7.13. The second-order valence-corrected chi connectivity index (χ2v) is 9.01. The van der Waals surface area contributed by atoms with Crippen molar-refractivity contribution in [3.63, 3.8) is 0 Å². The molecular weight excluding hydrogens is 446 g/mol. The average molecular weight is 470 g/mol. The van der Waals surface area contributed by atoms with Crippen molar-refractivity contribution in [2.24, 2.45) is 0 Å². The Balaban J connectivity index is 1.35. The Morgan fingerprint density at radius 1 is 1.00 bits per heavy atom. The summed E-state index contributed by atoms with van der Waals surface area (Å²) in [5.41, 5.74) is 5.27. The van der Waals surface area contributed by atoms with Gasteiger partial charge < -0.3 is 10.1 Å². The first-order valence-electron chi connectivity index (χ1n) is 10.9. The molecule has 7 nitrogen and oxygen atoms in total. The molecule has 1 amide bonds. The normalized spacial score (nSPS) is 12.0. The smallest absolute Gasteiger partial charge is 0.265 e. The molecule has 3 heterocycles. The van der Waals surface area contributed by atoms with E-state index >= 15 is 0 Å². The van der Waals surface area contributed by atoms with Crippen LogP contribution in [0.25, 0.3) is 27.6 Å². The fourth-order valence-corrected chi connectivity index (χ4v) is 4.24. The largest absolute Gasteiger partial charge is 0.481 e. The number of amides is 1. The van der Waals surface area contributed by atoms with Gasteiger partial charge in [-0.3, -0.25) is 4.79 Å². The van der Waals surface area contributed by atoms with Crippen molar-refractivity contribution in [1.82, 2.24) is 19.8 Å². The Labute approximate surface area is 201 Å². The molecule has 1 atom stereocenters. The summed E-state index contributed by atoms with van der Waals surface area (Å²) in [5.74, 6) is 1.15. The van der Waals surface area contributed by atoms with Crippen molar-refractivity contribution in [3.05, 3.63) is 83.2 Å². The van der Waals surface area contributed by atoms with Crippen LogP contribution in [0.3, 0.4) is 0 Å². The molecule has 0 aliphatic carbocycles. The van der Waals surface area contributed by atoms with Crippen LogP contribution in [-0.2, 0) is 4.79 Å². The van der Waals surface area contributed by atoms with Gasteiger partial charge in [0.2, 0.25) is 0 Å². The van der Waals surface area contributed by atoms with E-state index in [0.717, 1.165) is 21.7 Å². The minimum atomic E-state index is -0.648. The number of carbonyl (C=O) groups excluding carboxylic acids is 1. The molecule has 0 aliphatic heterocycles. The summed E-state index contributed by atoms with van der Waals surface area (Å²) < 4.78 is 7.59. The molecule has 1 unspecified atom stereocenters. The number of rotatable bonds is 6. The highest BCUT2D eigenvalue weighted by Gasteiger charge is 2.16. The van der Waals surface area contributed by atoms with Gasteiger partial charge in [-0.25, -0.2) is 0 Å². The lowest BCUT2D eigenvalue weighted by molar-refractivity contribution is -0.122. The first kappa shape index (κ1) is 21.8. The topological polar surface area (TPSA) is 81.4 Å². The SMILES string of the molecule is Cc1ccc(OC(C)C(=O)Nc2cccc(-c3ccc4nnc(-c5cccs5)n4n3)c2)cc1C. The summed E-state index contributed by atoms with van der Waals surface area (Å²) in [6, 6.07) is 21.1. The van der Waals surface area contributed by atoms with Crippen LogP contribution >= 0.6 is 11.3 Å². The predicted octanol–water partition coefficient (Wildman–Crippen LogP) is 5.54. The Kier molecular flexibility index (Phi) is 5.81. The fraction of sp³-hybridized carbons (Fsp3) is 0.154. The maximum absolute atomic E-state index is 12.8. The Morgan fingerprint density at radius 2 is 1.88 bits per heavy atom. The number of thiophene rings is 1. The van der Waals surface area contributed by atoms with E-state index in [1.807, 2.05) is 86.0 Å². The van der Waals surface area contributed by atoms with Crippen molar-refractivity contribution < 1.29 is 9.53 Å². The maximum Gasteiger partial charge on any atom is 0.265 e. The number of nitrogens with one attached hydrogen (secondary N) is 1. The lowest BCUT2D eigenvalue weighted by Gasteiger charge is -2.16. The summed E-state index contributed by atoms with van der Waals surface area (Å²) in [7, 11) is 0. The average Bonchev–Trinajstić information content (AvgIpc) is 3.51. The summed E-state index contributed by atoms with van der Waals surface area (Å²) in [6.45, 7) is 5.80. The molecule has 0 aliphatic rings. The molecule has 0 spiro atoms. The van der Waals surface area contributed by atoms with Gasteiger partial charge in [0.05, 0.1) is 10.6 Å². The van der Waals surface area contributed by atoms with Crippen LogP contribution in [0.4, 0.5) is 5.69 Å². The van der Waals surface area contributed by atoms with E-state index in [2.05, 4.69) is 15.5 Å². The van der Waals surface area contributed by atoms with E-state index in [0.29, 0.717) is 22.9 Å². The third-order valence-corrected chi connectivity index (χ3v) is 6.46. The summed E-state index contributed by atoms with van der Waals surface area (Å²) in [6.07, 6.45) is -0.648. The molecule has 2 aromatic carbocycles. The van der Waals surface area contributed by atoms with E-state index in [-0.39, 0.29) is 5.91 Å². The van der Waals surface area contributed by atoms with Gasteiger partial charge in [0, 0.05) is 11.3 Å². The maximum atomic E-state index is 12.8. The molecule has 5 rings (SSSR count). The van der Waals surface area contributed by atoms with Gasteiger partial charge in [0.15, 0.2) is 17.6 Å². The molecule has 0 saturated carbocycles. The third kappa shape index (κ3) is 4.40. The molecule has 0 radical (unpaired) electrons. The van der Waals surface area contributed by atoms with Gasteiger partial charge in [-0.15, -0.1) is 21.5 Å². The zero-order valence-electron chi connectivity index (χ0n) is 19.0. The summed E-state index contributed by atoms with van der Waals surface area (Å²) in [4.78, 5) is 13.8. The zero-order chi connectivity index (χ0) is 23.7. The van der Waals surface area contributed by atoms with Crippen LogP contribution in [0.15, 0.2) is 72.1 Å². The Bertz CT molecular complexity index is 1480. The van der Waals surface area contributed by atoms with Crippen LogP contribution in [0.5, 0.6) is 5.75 Å². The number of aryl methyl sites for hydroxylation is 2. The number of benzene rings is 2. The van der Waals surface area contributed by atoms with E-state index in [1.165, 1.54) is 5.56 Å². The van der Waals surface area contributed by atoms with Crippen molar-refractivity contribution in [3.8, 4) is 27.7 Å². The first-order valence-corrected chi connectivity index (χ1v) is 11.8. The number of fused-ring (bicyclic) bond motifs is 1. The first-order chi connectivity index (χ1) is 16.5. The fourth-order valence-electron chi connectivity index (χ4n) is 3.55. The summed E-state index contributed by atoms with van der Waals surface area (Å²) >= 11 is 1.59. The van der Waals surface area contributed by atoms with Gasteiger partial charge >= 0.3 is 0 Å². The number of aromatic nitrogens is 4. The van der Waals surface area contributed by atoms with Crippen molar-refractivity contribution in [2.75, 3.05) is 5.32 Å². The van der Waals surface area contributed by atoms with Gasteiger partial charge in [0.25, 0.3) is 5.91 Å². The number of carbonyl (C=O) groups is 1. The van der Waals surface area contributed by atoms with Crippen LogP contribution < -0.4 is 10.1 Å². The second-order valence-electron chi connectivity index (χ2n) is 8.07. The minimum absolute atomic E-state index is 0.224. The second kappa shape index (κ2) is 9.07. The highest BCUT2D eigenvalue weighted by atomic mass is 32.1.